The third-order valence-electron chi connectivity index (χ3n) is 5.38. The van der Waals surface area contributed by atoms with Gasteiger partial charge in [-0.3, -0.25) is 4.79 Å². The molecule has 0 aliphatic rings. The molecule has 3 aromatic rings. The number of benzene rings is 3. The van der Waals surface area contributed by atoms with Crippen LogP contribution in [0.3, 0.4) is 0 Å². The van der Waals surface area contributed by atoms with Gasteiger partial charge in [0.15, 0.2) is 0 Å². The van der Waals surface area contributed by atoms with Crippen LogP contribution in [0.4, 0.5) is 13.2 Å². The molecule has 10 heteroatoms. The Morgan fingerprint density at radius 2 is 1.69 bits per heavy atom. The van der Waals surface area contributed by atoms with Crippen molar-refractivity contribution >= 4 is 27.6 Å². The Morgan fingerprint density at radius 3 is 2.31 bits per heavy atom. The van der Waals surface area contributed by atoms with E-state index in [1.165, 1.54) is 12.1 Å². The highest BCUT2D eigenvalue weighted by atomic mass is 35.5. The molecule has 35 heavy (non-hydrogen) atoms. The van der Waals surface area contributed by atoms with E-state index in [0.717, 1.165) is 18.2 Å². The molecule has 0 fully saturated rings. The quantitative estimate of drug-likeness (QED) is 0.312. The minimum atomic E-state index is -4.69. The largest absolute Gasteiger partial charge is 0.416 e. The van der Waals surface area contributed by atoms with Gasteiger partial charge in [-0.05, 0) is 73.5 Å². The van der Waals surface area contributed by atoms with Crippen LogP contribution in [0.1, 0.15) is 41.8 Å². The number of halogens is 4. The zero-order valence-corrected chi connectivity index (χ0v) is 20.5. The number of hydrogen-bond donors (Lipinski definition) is 0. The average molecular weight is 526 g/mol. The summed E-state index contributed by atoms with van der Waals surface area (Å²) in [6.45, 7) is 4.00. The van der Waals surface area contributed by atoms with Gasteiger partial charge >= 0.3 is 16.3 Å². The molecule has 1 atom stereocenters. The van der Waals surface area contributed by atoms with Gasteiger partial charge in [0.05, 0.1) is 5.56 Å². The first-order valence-electron chi connectivity index (χ1n) is 10.7. The normalized spacial score (nSPS) is 12.7. The lowest BCUT2D eigenvalue weighted by molar-refractivity contribution is -0.137. The molecule has 0 bridgehead atoms. The van der Waals surface area contributed by atoms with Gasteiger partial charge < -0.3 is 9.08 Å². The summed E-state index contributed by atoms with van der Waals surface area (Å²) in [7, 11) is -4.52. The lowest BCUT2D eigenvalue weighted by atomic mass is 10.1. The van der Waals surface area contributed by atoms with Crippen LogP contribution >= 0.6 is 11.6 Å². The molecule has 3 aromatic carbocycles. The SMILES string of the molecule is CCC(C)N(Cc1cccc(OS(=O)(=O)c2cccc(C(F)(F)F)c2)c1)C(=O)c1ccc(Cl)cc1. The first-order chi connectivity index (χ1) is 16.4. The lowest BCUT2D eigenvalue weighted by Gasteiger charge is -2.29. The van der Waals surface area contributed by atoms with E-state index in [2.05, 4.69) is 0 Å². The number of rotatable bonds is 8. The predicted molar refractivity (Wildman–Crippen MR) is 127 cm³/mol. The zero-order valence-electron chi connectivity index (χ0n) is 18.9. The Morgan fingerprint density at radius 1 is 1.03 bits per heavy atom. The second-order valence-corrected chi connectivity index (χ2v) is 9.89. The van der Waals surface area contributed by atoms with Gasteiger partial charge in [0.25, 0.3) is 5.91 Å². The number of alkyl halides is 3. The van der Waals surface area contributed by atoms with Gasteiger partial charge in [0.2, 0.25) is 0 Å². The maximum absolute atomic E-state index is 13.1. The first kappa shape index (κ1) is 26.6. The summed E-state index contributed by atoms with van der Waals surface area (Å²) >= 11 is 5.92. The van der Waals surface area contributed by atoms with Crippen LogP contribution in [-0.4, -0.2) is 25.3 Å². The van der Waals surface area contributed by atoms with Crippen molar-refractivity contribution in [2.45, 2.75) is 43.9 Å². The van der Waals surface area contributed by atoms with Crippen molar-refractivity contribution in [1.82, 2.24) is 4.90 Å². The van der Waals surface area contributed by atoms with E-state index in [9.17, 15) is 26.4 Å². The molecule has 5 nitrogen and oxygen atoms in total. The van der Waals surface area contributed by atoms with Crippen molar-refractivity contribution in [1.29, 1.82) is 0 Å². The molecule has 0 N–H and O–H groups in total. The number of nitrogens with zero attached hydrogens (tertiary/aromatic N) is 1. The smallest absolute Gasteiger partial charge is 0.379 e. The van der Waals surface area contributed by atoms with Gasteiger partial charge in [0.1, 0.15) is 10.6 Å². The third-order valence-corrected chi connectivity index (χ3v) is 6.88. The fourth-order valence-electron chi connectivity index (χ4n) is 3.30. The molecular weight excluding hydrogens is 503 g/mol. The molecule has 0 heterocycles. The maximum atomic E-state index is 13.1. The van der Waals surface area contributed by atoms with Crippen LogP contribution in [-0.2, 0) is 22.8 Å². The summed E-state index contributed by atoms with van der Waals surface area (Å²) in [6.07, 6.45) is -4.01. The van der Waals surface area contributed by atoms with Crippen molar-refractivity contribution in [3.8, 4) is 5.75 Å². The van der Waals surface area contributed by atoms with Gasteiger partial charge in [-0.1, -0.05) is 36.7 Å². The molecule has 186 valence electrons. The Bertz CT molecular complexity index is 1290. The number of carbonyl (C=O) groups excluding carboxylic acids is 1. The molecule has 0 saturated heterocycles. The second-order valence-electron chi connectivity index (χ2n) is 7.91. The summed E-state index contributed by atoms with van der Waals surface area (Å²) < 4.78 is 69.3. The van der Waals surface area contributed by atoms with Gasteiger partial charge in [0, 0.05) is 23.2 Å². The lowest BCUT2D eigenvalue weighted by Crippen LogP contribution is -2.37. The fourth-order valence-corrected chi connectivity index (χ4v) is 4.40. The number of hydrogen-bond acceptors (Lipinski definition) is 4. The fraction of sp³-hybridized carbons (Fsp3) is 0.240. The molecule has 0 aliphatic heterocycles. The van der Waals surface area contributed by atoms with Crippen LogP contribution in [0.2, 0.25) is 5.02 Å². The molecule has 3 rings (SSSR count). The van der Waals surface area contributed by atoms with Crippen molar-refractivity contribution in [2.24, 2.45) is 0 Å². The third kappa shape index (κ3) is 6.76. The highest BCUT2D eigenvalue weighted by Crippen LogP contribution is 2.31. The number of amides is 1. The van der Waals surface area contributed by atoms with Crippen LogP contribution in [0.15, 0.2) is 77.7 Å². The molecule has 0 aromatic heterocycles. The monoisotopic (exact) mass is 525 g/mol. The van der Waals surface area contributed by atoms with E-state index >= 15 is 0 Å². The Kier molecular flexibility index (Phi) is 8.12. The van der Waals surface area contributed by atoms with Crippen LogP contribution in [0, 0.1) is 0 Å². The summed E-state index contributed by atoms with van der Waals surface area (Å²) in [4.78, 5) is 14.2. The van der Waals surface area contributed by atoms with Gasteiger partial charge in [-0.2, -0.15) is 21.6 Å². The van der Waals surface area contributed by atoms with Crippen molar-refractivity contribution in [3.63, 3.8) is 0 Å². The van der Waals surface area contributed by atoms with E-state index in [1.807, 2.05) is 13.8 Å². The first-order valence-corrected chi connectivity index (χ1v) is 12.5. The average Bonchev–Trinajstić information content (AvgIpc) is 2.81. The zero-order chi connectivity index (χ0) is 25.8. The topological polar surface area (TPSA) is 63.7 Å². The van der Waals surface area contributed by atoms with Crippen molar-refractivity contribution in [3.05, 3.63) is 94.5 Å². The van der Waals surface area contributed by atoms with Crippen molar-refractivity contribution in [2.75, 3.05) is 0 Å². The van der Waals surface area contributed by atoms with E-state index in [1.54, 1.807) is 41.3 Å². The highest BCUT2D eigenvalue weighted by Gasteiger charge is 2.32. The molecule has 0 saturated carbocycles. The Hall–Kier alpha value is -3.04. The molecule has 0 spiro atoms. The second kappa shape index (κ2) is 10.7. The van der Waals surface area contributed by atoms with Crippen LogP contribution < -0.4 is 4.18 Å². The maximum Gasteiger partial charge on any atom is 0.416 e. The minimum Gasteiger partial charge on any atom is -0.379 e. The van der Waals surface area contributed by atoms with Gasteiger partial charge in [-0.15, -0.1) is 0 Å². The Balaban J connectivity index is 1.84. The van der Waals surface area contributed by atoms with Crippen molar-refractivity contribution < 1.29 is 30.6 Å². The Labute approximate surface area is 207 Å². The molecule has 1 unspecified atom stereocenters. The van der Waals surface area contributed by atoms with Crippen LogP contribution in [0.25, 0.3) is 0 Å². The molecule has 0 radical (unpaired) electrons. The molecule has 1 amide bonds. The summed E-state index contributed by atoms with van der Waals surface area (Å²) in [6, 6.07) is 15.8. The molecular formula is C25H23ClF3NO4S. The predicted octanol–water partition coefficient (Wildman–Crippen LogP) is 6.57. The summed E-state index contributed by atoms with van der Waals surface area (Å²) in [5.74, 6) is -0.304. The van der Waals surface area contributed by atoms with Crippen LogP contribution in [0.5, 0.6) is 5.75 Å². The molecule has 0 aliphatic carbocycles. The van der Waals surface area contributed by atoms with E-state index < -0.39 is 26.8 Å². The van der Waals surface area contributed by atoms with Gasteiger partial charge in [-0.25, -0.2) is 0 Å². The summed E-state index contributed by atoms with van der Waals surface area (Å²) in [5.41, 5.74) is -0.0561. The van der Waals surface area contributed by atoms with E-state index in [-0.39, 0.29) is 24.2 Å². The minimum absolute atomic E-state index is 0.0806. The highest BCUT2D eigenvalue weighted by molar-refractivity contribution is 7.87. The van der Waals surface area contributed by atoms with E-state index in [4.69, 9.17) is 15.8 Å². The number of carbonyl (C=O) groups is 1. The summed E-state index contributed by atoms with van der Waals surface area (Å²) in [5, 5.41) is 0.503. The standard InChI is InChI=1S/C25H23ClF3NO4S/c1-3-17(2)30(24(31)19-10-12-21(26)13-11-19)16-18-6-4-8-22(14-18)34-35(32,33)23-9-5-7-20(15-23)25(27,28)29/h4-15,17H,3,16H2,1-2H3. The van der Waals surface area contributed by atoms with E-state index in [0.29, 0.717) is 28.6 Å².